The fraction of sp³-hybridized carbons (Fsp3) is 0.300. The van der Waals surface area contributed by atoms with Crippen molar-refractivity contribution in [1.82, 2.24) is 0 Å². The minimum atomic E-state index is -0.592. The van der Waals surface area contributed by atoms with Crippen molar-refractivity contribution >= 4 is 16.9 Å². The summed E-state index contributed by atoms with van der Waals surface area (Å²) in [6, 6.07) is 0. The third kappa shape index (κ3) is 2.77. The van der Waals surface area contributed by atoms with Gasteiger partial charge in [-0.05, 0) is 17.2 Å². The van der Waals surface area contributed by atoms with E-state index in [1.54, 1.807) is 0 Å². The first kappa shape index (κ1) is 10.1. The maximum Gasteiger partial charge on any atom is 0.342 e. The van der Waals surface area contributed by atoms with E-state index in [0.717, 1.165) is 6.42 Å². The van der Waals surface area contributed by atoms with E-state index in [4.69, 9.17) is 4.74 Å². The molecule has 0 aliphatic carbocycles. The summed E-state index contributed by atoms with van der Waals surface area (Å²) in [5.74, 6) is -0.260. The smallest absolute Gasteiger partial charge is 0.342 e. The molecule has 0 aromatic heterocycles. The Balaban J connectivity index is 2.42. The summed E-state index contributed by atoms with van der Waals surface area (Å²) in [5.41, 5.74) is 0. The van der Waals surface area contributed by atoms with Crippen LogP contribution >= 0.6 is 10.9 Å². The summed E-state index contributed by atoms with van der Waals surface area (Å²) in [6.45, 7) is 6.19. The molecule has 0 amide bonds. The van der Waals surface area contributed by atoms with Gasteiger partial charge in [0.2, 0.25) is 0 Å². The molecule has 0 saturated carbocycles. The third-order valence-electron chi connectivity index (χ3n) is 1.59. The summed E-state index contributed by atoms with van der Waals surface area (Å²) in [6.07, 6.45) is 4.72. The normalized spacial score (nSPS) is 16.2. The van der Waals surface area contributed by atoms with E-state index in [2.05, 4.69) is 6.58 Å². The molecule has 1 heterocycles. The minimum Gasteiger partial charge on any atom is -0.462 e. The van der Waals surface area contributed by atoms with Crippen LogP contribution in [0.15, 0.2) is 34.5 Å². The number of carbonyl (C=O) groups excluding carboxylic acids is 1. The van der Waals surface area contributed by atoms with Crippen LogP contribution in [-0.4, -0.2) is 12.6 Å². The van der Waals surface area contributed by atoms with Crippen molar-refractivity contribution in [3.8, 4) is 0 Å². The number of rotatable bonds is 4. The number of ether oxygens (including phenoxy) is 1. The SMILES string of the molecule is C=C(C(=O)OCCC)[SH]1C=CC=C1. The maximum absolute atomic E-state index is 11.3. The minimum absolute atomic E-state index is 0.260. The van der Waals surface area contributed by atoms with Gasteiger partial charge in [0.05, 0.1) is 11.5 Å². The molecule has 2 nitrogen and oxygen atoms in total. The fourth-order valence-corrected chi connectivity index (χ4v) is 2.20. The lowest BCUT2D eigenvalue weighted by Crippen LogP contribution is -2.06. The van der Waals surface area contributed by atoms with E-state index in [9.17, 15) is 4.79 Å². The highest BCUT2D eigenvalue weighted by atomic mass is 32.2. The van der Waals surface area contributed by atoms with Crippen molar-refractivity contribution in [3.05, 3.63) is 34.5 Å². The molecule has 0 fully saturated rings. The van der Waals surface area contributed by atoms with Crippen molar-refractivity contribution in [2.75, 3.05) is 6.61 Å². The predicted molar refractivity (Wildman–Crippen MR) is 57.7 cm³/mol. The van der Waals surface area contributed by atoms with E-state index in [0.29, 0.717) is 11.5 Å². The monoisotopic (exact) mass is 198 g/mol. The van der Waals surface area contributed by atoms with Crippen LogP contribution in [0.1, 0.15) is 13.3 Å². The van der Waals surface area contributed by atoms with Crippen LogP contribution in [0.25, 0.3) is 0 Å². The second-order valence-electron chi connectivity index (χ2n) is 2.67. The van der Waals surface area contributed by atoms with Gasteiger partial charge in [0, 0.05) is 0 Å². The average molecular weight is 198 g/mol. The van der Waals surface area contributed by atoms with Gasteiger partial charge in [-0.1, -0.05) is 25.7 Å². The maximum atomic E-state index is 11.3. The van der Waals surface area contributed by atoms with Crippen LogP contribution in [0.5, 0.6) is 0 Å². The number of allylic oxidation sites excluding steroid dienone is 2. The van der Waals surface area contributed by atoms with E-state index >= 15 is 0 Å². The first-order chi connectivity index (χ1) is 6.25. The van der Waals surface area contributed by atoms with Crippen LogP contribution in [0.2, 0.25) is 0 Å². The van der Waals surface area contributed by atoms with Crippen molar-refractivity contribution in [2.24, 2.45) is 0 Å². The van der Waals surface area contributed by atoms with Gasteiger partial charge in [-0.2, -0.15) is 10.9 Å². The van der Waals surface area contributed by atoms with Gasteiger partial charge in [-0.25, -0.2) is 4.79 Å². The summed E-state index contributed by atoms with van der Waals surface area (Å²) in [4.78, 5) is 11.9. The molecule has 0 aromatic rings. The number of hydrogen-bond donors (Lipinski definition) is 1. The van der Waals surface area contributed by atoms with Gasteiger partial charge >= 0.3 is 5.97 Å². The second kappa shape index (κ2) is 4.92. The van der Waals surface area contributed by atoms with Crippen LogP contribution in [0.3, 0.4) is 0 Å². The predicted octanol–water partition coefficient (Wildman–Crippen LogP) is 2.50. The standard InChI is InChI=1S/C10H14O2S/c1-3-6-12-10(11)9(2)13-7-4-5-8-13/h4-5,7-8,13H,2-3,6H2,1H3. The van der Waals surface area contributed by atoms with E-state index in [-0.39, 0.29) is 5.97 Å². The van der Waals surface area contributed by atoms with Crippen molar-refractivity contribution in [3.63, 3.8) is 0 Å². The molecule has 3 heteroatoms. The fourth-order valence-electron chi connectivity index (χ4n) is 0.898. The highest BCUT2D eigenvalue weighted by Gasteiger charge is 2.13. The third-order valence-corrected chi connectivity index (χ3v) is 3.38. The molecule has 1 aliphatic heterocycles. The highest BCUT2D eigenvalue weighted by Crippen LogP contribution is 2.40. The zero-order chi connectivity index (χ0) is 9.68. The molecule has 1 aliphatic rings. The lowest BCUT2D eigenvalue weighted by molar-refractivity contribution is -0.138. The first-order valence-electron chi connectivity index (χ1n) is 4.25. The Labute approximate surface area is 81.3 Å². The van der Waals surface area contributed by atoms with Gasteiger partial charge in [0.15, 0.2) is 0 Å². The van der Waals surface area contributed by atoms with Crippen molar-refractivity contribution in [2.45, 2.75) is 13.3 Å². The number of thiol groups is 1. The van der Waals surface area contributed by atoms with Crippen LogP contribution in [0.4, 0.5) is 0 Å². The zero-order valence-corrected chi connectivity index (χ0v) is 8.59. The summed E-state index contributed by atoms with van der Waals surface area (Å²) in [7, 11) is -0.592. The van der Waals surface area contributed by atoms with Crippen molar-refractivity contribution in [1.29, 1.82) is 0 Å². The Kier molecular flexibility index (Phi) is 3.83. The van der Waals surface area contributed by atoms with Gasteiger partial charge < -0.3 is 4.74 Å². The molecule has 0 spiro atoms. The second-order valence-corrected chi connectivity index (χ2v) is 4.62. The van der Waals surface area contributed by atoms with E-state index in [1.807, 2.05) is 29.9 Å². The largest absolute Gasteiger partial charge is 0.462 e. The topological polar surface area (TPSA) is 26.3 Å². The van der Waals surface area contributed by atoms with Gasteiger partial charge in [-0.15, -0.1) is 0 Å². The quantitative estimate of drug-likeness (QED) is 0.427. The Hall–Kier alpha value is -0.960. The molecule has 0 atom stereocenters. The summed E-state index contributed by atoms with van der Waals surface area (Å²) in [5, 5.41) is 3.98. The van der Waals surface area contributed by atoms with Crippen LogP contribution < -0.4 is 0 Å². The zero-order valence-electron chi connectivity index (χ0n) is 7.69. The molecule has 0 radical (unpaired) electrons. The lowest BCUT2D eigenvalue weighted by atomic mass is 10.5. The summed E-state index contributed by atoms with van der Waals surface area (Å²) >= 11 is 0. The molecule has 0 aromatic carbocycles. The molecular weight excluding hydrogens is 184 g/mol. The number of hydrogen-bond acceptors (Lipinski definition) is 2. The van der Waals surface area contributed by atoms with E-state index < -0.39 is 10.9 Å². The van der Waals surface area contributed by atoms with Crippen LogP contribution in [-0.2, 0) is 9.53 Å². The molecule has 72 valence electrons. The van der Waals surface area contributed by atoms with Gasteiger partial charge in [-0.3, -0.25) is 0 Å². The first-order valence-corrected chi connectivity index (χ1v) is 5.73. The molecule has 1 rings (SSSR count). The lowest BCUT2D eigenvalue weighted by Gasteiger charge is -2.12. The highest BCUT2D eigenvalue weighted by molar-refractivity contribution is 8.26. The Morgan fingerprint density at radius 1 is 1.46 bits per heavy atom. The van der Waals surface area contributed by atoms with E-state index in [1.165, 1.54) is 0 Å². The number of carbonyl (C=O) groups is 1. The molecule has 0 saturated heterocycles. The van der Waals surface area contributed by atoms with Crippen molar-refractivity contribution < 1.29 is 9.53 Å². The van der Waals surface area contributed by atoms with Gasteiger partial charge in [0.25, 0.3) is 0 Å². The molecule has 13 heavy (non-hydrogen) atoms. The Bertz CT molecular complexity index is 254. The summed E-state index contributed by atoms with van der Waals surface area (Å²) < 4.78 is 4.98. The molecule has 0 unspecified atom stereocenters. The van der Waals surface area contributed by atoms with Crippen LogP contribution in [0, 0.1) is 0 Å². The Morgan fingerprint density at radius 2 is 2.08 bits per heavy atom. The number of esters is 1. The molecule has 0 N–H and O–H groups in total. The molecular formula is C10H14O2S. The average Bonchev–Trinajstić information content (AvgIpc) is 2.65. The van der Waals surface area contributed by atoms with Gasteiger partial charge in [0.1, 0.15) is 0 Å². The molecule has 0 bridgehead atoms. The Morgan fingerprint density at radius 3 is 2.62 bits per heavy atom.